The minimum Gasteiger partial charge on any atom is -0.381 e. The molecule has 0 aliphatic carbocycles. The Kier molecular flexibility index (Phi) is 3.37. The molecule has 1 heterocycles. The maximum atomic E-state index is 12.9. The van der Waals surface area contributed by atoms with E-state index in [4.69, 9.17) is 11.6 Å². The summed E-state index contributed by atoms with van der Waals surface area (Å²) < 4.78 is 12.9. The van der Waals surface area contributed by atoms with Gasteiger partial charge >= 0.3 is 0 Å². The van der Waals surface area contributed by atoms with Crippen molar-refractivity contribution < 1.29 is 4.39 Å². The van der Waals surface area contributed by atoms with Crippen molar-refractivity contribution in [2.75, 3.05) is 5.32 Å². The summed E-state index contributed by atoms with van der Waals surface area (Å²) in [6.45, 7) is 0.546. The monoisotopic (exact) mass is 236 g/mol. The number of anilines is 1. The second-order valence-corrected chi connectivity index (χ2v) is 3.74. The molecule has 0 amide bonds. The maximum absolute atomic E-state index is 12.9. The zero-order valence-electron chi connectivity index (χ0n) is 8.45. The lowest BCUT2D eigenvalue weighted by molar-refractivity contribution is 0.628. The molecule has 0 saturated heterocycles. The van der Waals surface area contributed by atoms with Crippen LogP contribution in [0.2, 0.25) is 5.02 Å². The standard InChI is InChI=1S/C12H10ClFN2/c13-12-8-15-5-4-9(12)7-16-11-3-1-2-10(14)6-11/h1-6,8,16H,7H2. The Labute approximate surface area is 98.1 Å². The van der Waals surface area contributed by atoms with Gasteiger partial charge in [-0.3, -0.25) is 4.98 Å². The van der Waals surface area contributed by atoms with Crippen LogP contribution in [-0.4, -0.2) is 4.98 Å². The molecule has 0 spiro atoms. The highest BCUT2D eigenvalue weighted by atomic mass is 35.5. The van der Waals surface area contributed by atoms with Crippen molar-refractivity contribution in [3.63, 3.8) is 0 Å². The fraction of sp³-hybridized carbons (Fsp3) is 0.0833. The van der Waals surface area contributed by atoms with E-state index in [0.717, 1.165) is 11.3 Å². The number of hydrogen-bond donors (Lipinski definition) is 1. The van der Waals surface area contributed by atoms with Crippen LogP contribution in [0.4, 0.5) is 10.1 Å². The van der Waals surface area contributed by atoms with Crippen LogP contribution in [0.5, 0.6) is 0 Å². The number of aromatic nitrogens is 1. The molecule has 2 nitrogen and oxygen atoms in total. The summed E-state index contributed by atoms with van der Waals surface area (Å²) in [5.41, 5.74) is 1.66. The van der Waals surface area contributed by atoms with Crippen LogP contribution in [0.1, 0.15) is 5.56 Å². The summed E-state index contributed by atoms with van der Waals surface area (Å²) in [4.78, 5) is 3.89. The van der Waals surface area contributed by atoms with Gasteiger partial charge in [-0.1, -0.05) is 17.7 Å². The summed E-state index contributed by atoms with van der Waals surface area (Å²) in [5, 5.41) is 3.69. The van der Waals surface area contributed by atoms with Crippen molar-refractivity contribution in [3.05, 3.63) is 59.1 Å². The lowest BCUT2D eigenvalue weighted by Gasteiger charge is -2.07. The molecular weight excluding hydrogens is 227 g/mol. The van der Waals surface area contributed by atoms with E-state index >= 15 is 0 Å². The van der Waals surface area contributed by atoms with Crippen LogP contribution in [-0.2, 0) is 6.54 Å². The van der Waals surface area contributed by atoms with Crippen LogP contribution >= 0.6 is 11.6 Å². The molecule has 0 aliphatic heterocycles. The highest BCUT2D eigenvalue weighted by Crippen LogP contribution is 2.16. The lowest BCUT2D eigenvalue weighted by Crippen LogP contribution is -2.00. The Bertz CT molecular complexity index is 488. The molecule has 2 rings (SSSR count). The molecule has 0 radical (unpaired) electrons. The van der Waals surface area contributed by atoms with Crippen molar-refractivity contribution in [2.45, 2.75) is 6.54 Å². The molecule has 1 aromatic carbocycles. The first-order valence-corrected chi connectivity index (χ1v) is 5.21. The Morgan fingerprint density at radius 1 is 1.31 bits per heavy atom. The van der Waals surface area contributed by atoms with Crippen LogP contribution in [0.15, 0.2) is 42.7 Å². The Balaban J connectivity index is 2.05. The molecule has 82 valence electrons. The number of benzene rings is 1. The summed E-state index contributed by atoms with van der Waals surface area (Å²) in [7, 11) is 0. The largest absolute Gasteiger partial charge is 0.381 e. The van der Waals surface area contributed by atoms with Gasteiger partial charge < -0.3 is 5.32 Å². The summed E-state index contributed by atoms with van der Waals surface area (Å²) in [5.74, 6) is -0.258. The molecule has 1 N–H and O–H groups in total. The van der Waals surface area contributed by atoms with E-state index in [1.165, 1.54) is 12.1 Å². The van der Waals surface area contributed by atoms with Crippen molar-refractivity contribution in [1.29, 1.82) is 0 Å². The Morgan fingerprint density at radius 3 is 2.94 bits per heavy atom. The molecule has 0 saturated carbocycles. The first-order valence-electron chi connectivity index (χ1n) is 4.83. The highest BCUT2D eigenvalue weighted by molar-refractivity contribution is 6.31. The van der Waals surface area contributed by atoms with Crippen LogP contribution in [0.25, 0.3) is 0 Å². The van der Waals surface area contributed by atoms with Crippen molar-refractivity contribution in [3.8, 4) is 0 Å². The predicted octanol–water partition coefficient (Wildman–Crippen LogP) is 3.49. The van der Waals surface area contributed by atoms with Crippen molar-refractivity contribution >= 4 is 17.3 Å². The third-order valence-corrected chi connectivity index (χ3v) is 2.50. The fourth-order valence-electron chi connectivity index (χ4n) is 1.34. The average Bonchev–Trinajstić information content (AvgIpc) is 2.28. The number of halogens is 2. The van der Waals surface area contributed by atoms with E-state index in [-0.39, 0.29) is 5.82 Å². The second kappa shape index (κ2) is 4.94. The van der Waals surface area contributed by atoms with Crippen LogP contribution in [0, 0.1) is 5.82 Å². The van der Waals surface area contributed by atoms with Gasteiger partial charge in [-0.25, -0.2) is 4.39 Å². The second-order valence-electron chi connectivity index (χ2n) is 3.33. The topological polar surface area (TPSA) is 24.9 Å². The molecule has 0 bridgehead atoms. The maximum Gasteiger partial charge on any atom is 0.125 e. The van der Waals surface area contributed by atoms with E-state index in [0.29, 0.717) is 11.6 Å². The predicted molar refractivity (Wildman–Crippen MR) is 63.0 cm³/mol. The van der Waals surface area contributed by atoms with Gasteiger partial charge in [-0.15, -0.1) is 0 Å². The number of rotatable bonds is 3. The average molecular weight is 237 g/mol. The number of hydrogen-bond acceptors (Lipinski definition) is 2. The summed E-state index contributed by atoms with van der Waals surface area (Å²) in [6, 6.07) is 8.14. The van der Waals surface area contributed by atoms with E-state index in [1.54, 1.807) is 24.5 Å². The van der Waals surface area contributed by atoms with Gasteiger partial charge in [0.25, 0.3) is 0 Å². The number of nitrogens with zero attached hydrogens (tertiary/aromatic N) is 1. The van der Waals surface area contributed by atoms with E-state index in [9.17, 15) is 4.39 Å². The van der Waals surface area contributed by atoms with Crippen LogP contribution in [0.3, 0.4) is 0 Å². The zero-order chi connectivity index (χ0) is 11.4. The fourth-order valence-corrected chi connectivity index (χ4v) is 1.53. The quantitative estimate of drug-likeness (QED) is 0.883. The number of pyridine rings is 1. The first-order chi connectivity index (χ1) is 7.75. The smallest absolute Gasteiger partial charge is 0.125 e. The normalized spacial score (nSPS) is 10.1. The van der Waals surface area contributed by atoms with Gasteiger partial charge in [-0.05, 0) is 29.8 Å². The van der Waals surface area contributed by atoms with Gasteiger partial charge in [0.05, 0.1) is 5.02 Å². The lowest BCUT2D eigenvalue weighted by atomic mass is 10.2. The van der Waals surface area contributed by atoms with Crippen molar-refractivity contribution in [2.24, 2.45) is 0 Å². The molecule has 0 atom stereocenters. The SMILES string of the molecule is Fc1cccc(NCc2ccncc2Cl)c1. The minimum absolute atomic E-state index is 0.258. The number of nitrogens with one attached hydrogen (secondary N) is 1. The molecule has 2 aromatic rings. The van der Waals surface area contributed by atoms with E-state index < -0.39 is 0 Å². The van der Waals surface area contributed by atoms with E-state index in [1.807, 2.05) is 6.07 Å². The molecule has 1 aromatic heterocycles. The third kappa shape index (κ3) is 2.70. The molecule has 0 unspecified atom stereocenters. The summed E-state index contributed by atoms with van der Waals surface area (Å²) >= 11 is 5.95. The molecule has 4 heteroatoms. The molecule has 16 heavy (non-hydrogen) atoms. The van der Waals surface area contributed by atoms with E-state index in [2.05, 4.69) is 10.3 Å². The van der Waals surface area contributed by atoms with Gasteiger partial charge in [-0.2, -0.15) is 0 Å². The molecule has 0 aliphatic rings. The van der Waals surface area contributed by atoms with Gasteiger partial charge in [0.2, 0.25) is 0 Å². The molecule has 0 fully saturated rings. The summed E-state index contributed by atoms with van der Waals surface area (Å²) in [6.07, 6.45) is 3.26. The van der Waals surface area contributed by atoms with Gasteiger partial charge in [0, 0.05) is 24.6 Å². The Morgan fingerprint density at radius 2 is 2.19 bits per heavy atom. The molecular formula is C12H10ClFN2. The minimum atomic E-state index is -0.258. The first kappa shape index (κ1) is 10.9. The van der Waals surface area contributed by atoms with Gasteiger partial charge in [0.1, 0.15) is 5.82 Å². The van der Waals surface area contributed by atoms with Crippen molar-refractivity contribution in [1.82, 2.24) is 4.98 Å². The van der Waals surface area contributed by atoms with Gasteiger partial charge in [0.15, 0.2) is 0 Å². The zero-order valence-corrected chi connectivity index (χ0v) is 9.21. The third-order valence-electron chi connectivity index (χ3n) is 2.16. The highest BCUT2D eigenvalue weighted by Gasteiger charge is 1.99. The Hall–Kier alpha value is -1.61. The van der Waals surface area contributed by atoms with Crippen LogP contribution < -0.4 is 5.32 Å².